The first-order valence-electron chi connectivity index (χ1n) is 6.66. The minimum Gasteiger partial charge on any atom is -0.490 e. The molecule has 20 heavy (non-hydrogen) atoms. The predicted octanol–water partition coefficient (Wildman–Crippen LogP) is 2.33. The van der Waals surface area contributed by atoms with E-state index in [9.17, 15) is 10.1 Å². The van der Waals surface area contributed by atoms with Gasteiger partial charge in [-0.15, -0.1) is 0 Å². The van der Waals surface area contributed by atoms with Crippen LogP contribution in [0.4, 0.5) is 11.4 Å². The van der Waals surface area contributed by atoms with E-state index in [1.807, 2.05) is 0 Å². The van der Waals surface area contributed by atoms with Crippen molar-refractivity contribution in [3.8, 4) is 5.75 Å². The van der Waals surface area contributed by atoms with E-state index in [4.69, 9.17) is 4.74 Å². The lowest BCUT2D eigenvalue weighted by atomic mass is 10.1. The third-order valence-corrected chi connectivity index (χ3v) is 3.32. The van der Waals surface area contributed by atoms with Crippen molar-refractivity contribution in [3.05, 3.63) is 40.0 Å². The summed E-state index contributed by atoms with van der Waals surface area (Å²) in [6.45, 7) is 2.60. The highest BCUT2D eigenvalue weighted by atomic mass is 16.6. The number of nitro benzene ring substituents is 1. The topological polar surface area (TPSA) is 76.4 Å². The molecule has 1 aliphatic heterocycles. The average Bonchev–Trinajstić information content (AvgIpc) is 2.47. The second-order valence-electron chi connectivity index (χ2n) is 4.61. The molecule has 0 radical (unpaired) electrons. The third-order valence-electron chi connectivity index (χ3n) is 3.32. The van der Waals surface area contributed by atoms with E-state index >= 15 is 0 Å². The summed E-state index contributed by atoms with van der Waals surface area (Å²) in [7, 11) is 1.44. The molecule has 1 heterocycles. The first kappa shape index (κ1) is 14.3. The van der Waals surface area contributed by atoms with Gasteiger partial charge in [-0.05, 0) is 31.5 Å². The standard InChI is InChI=1S/C14H19N3O3/c1-20-13-4-2-3-12(14(13)17(18)19)16-10-7-11-5-8-15-9-6-11/h2-5,15-16H,6-10H2,1H3. The first-order chi connectivity index (χ1) is 9.72. The summed E-state index contributed by atoms with van der Waals surface area (Å²) < 4.78 is 5.04. The number of anilines is 1. The molecule has 1 aromatic rings. The molecule has 0 aromatic heterocycles. The summed E-state index contributed by atoms with van der Waals surface area (Å²) in [5, 5.41) is 17.5. The summed E-state index contributed by atoms with van der Waals surface area (Å²) in [5.41, 5.74) is 1.89. The number of nitrogens with one attached hydrogen (secondary N) is 2. The Kier molecular flexibility index (Phi) is 4.95. The van der Waals surface area contributed by atoms with Crippen LogP contribution in [-0.4, -0.2) is 31.7 Å². The average molecular weight is 277 g/mol. The zero-order valence-corrected chi connectivity index (χ0v) is 11.5. The number of nitro groups is 1. The molecule has 2 N–H and O–H groups in total. The largest absolute Gasteiger partial charge is 0.490 e. The van der Waals surface area contributed by atoms with Gasteiger partial charge in [-0.25, -0.2) is 0 Å². The van der Waals surface area contributed by atoms with Gasteiger partial charge in [0, 0.05) is 13.1 Å². The summed E-state index contributed by atoms with van der Waals surface area (Å²) in [6, 6.07) is 5.05. The van der Waals surface area contributed by atoms with Crippen molar-refractivity contribution < 1.29 is 9.66 Å². The Labute approximate surface area is 118 Å². The molecule has 108 valence electrons. The fraction of sp³-hybridized carbons (Fsp3) is 0.429. The minimum absolute atomic E-state index is 0.00529. The van der Waals surface area contributed by atoms with Gasteiger partial charge in [0.2, 0.25) is 0 Å². The highest BCUT2D eigenvalue weighted by molar-refractivity contribution is 5.68. The molecule has 1 aromatic carbocycles. The fourth-order valence-corrected chi connectivity index (χ4v) is 2.27. The molecule has 6 nitrogen and oxygen atoms in total. The first-order valence-corrected chi connectivity index (χ1v) is 6.66. The zero-order chi connectivity index (χ0) is 14.4. The Balaban J connectivity index is 2.01. The Bertz CT molecular complexity index is 514. The van der Waals surface area contributed by atoms with Crippen LogP contribution < -0.4 is 15.4 Å². The maximum absolute atomic E-state index is 11.1. The van der Waals surface area contributed by atoms with Crippen molar-refractivity contribution in [2.45, 2.75) is 12.8 Å². The van der Waals surface area contributed by atoms with Gasteiger partial charge in [0.05, 0.1) is 12.0 Å². The number of hydrogen-bond donors (Lipinski definition) is 2. The minimum atomic E-state index is -0.412. The highest BCUT2D eigenvalue weighted by Crippen LogP contribution is 2.34. The van der Waals surface area contributed by atoms with Gasteiger partial charge >= 0.3 is 5.69 Å². The van der Waals surface area contributed by atoms with Crippen LogP contribution in [0.1, 0.15) is 12.8 Å². The van der Waals surface area contributed by atoms with Gasteiger partial charge in [-0.1, -0.05) is 17.7 Å². The van der Waals surface area contributed by atoms with Gasteiger partial charge in [-0.2, -0.15) is 0 Å². The van der Waals surface area contributed by atoms with Crippen molar-refractivity contribution in [1.29, 1.82) is 0 Å². The maximum atomic E-state index is 11.1. The van der Waals surface area contributed by atoms with Crippen LogP contribution >= 0.6 is 0 Å². The lowest BCUT2D eigenvalue weighted by Crippen LogP contribution is -2.21. The fourth-order valence-electron chi connectivity index (χ4n) is 2.27. The normalized spacial score (nSPS) is 14.6. The van der Waals surface area contributed by atoms with Gasteiger partial charge in [0.15, 0.2) is 5.75 Å². The van der Waals surface area contributed by atoms with E-state index in [2.05, 4.69) is 16.7 Å². The molecule has 1 aliphatic rings. The van der Waals surface area contributed by atoms with Crippen LogP contribution in [0.15, 0.2) is 29.8 Å². The second-order valence-corrected chi connectivity index (χ2v) is 4.61. The number of benzene rings is 1. The SMILES string of the molecule is COc1cccc(NCCC2=CCNCC2)c1[N+](=O)[O-]. The van der Waals surface area contributed by atoms with Crippen molar-refractivity contribution in [2.75, 3.05) is 32.1 Å². The number of rotatable bonds is 6. The molecule has 0 amide bonds. The van der Waals surface area contributed by atoms with Crippen LogP contribution in [0.3, 0.4) is 0 Å². The number of hydrogen-bond acceptors (Lipinski definition) is 5. The Morgan fingerprint density at radius 1 is 1.50 bits per heavy atom. The predicted molar refractivity (Wildman–Crippen MR) is 78.3 cm³/mol. The van der Waals surface area contributed by atoms with Crippen LogP contribution in [-0.2, 0) is 0 Å². The van der Waals surface area contributed by atoms with Crippen LogP contribution in [0.2, 0.25) is 0 Å². The van der Waals surface area contributed by atoms with Crippen LogP contribution in [0, 0.1) is 10.1 Å². The number of para-hydroxylation sites is 1. The van der Waals surface area contributed by atoms with E-state index in [1.165, 1.54) is 12.7 Å². The monoisotopic (exact) mass is 277 g/mol. The van der Waals surface area contributed by atoms with E-state index < -0.39 is 4.92 Å². The Morgan fingerprint density at radius 2 is 2.35 bits per heavy atom. The van der Waals surface area contributed by atoms with E-state index in [1.54, 1.807) is 18.2 Å². The van der Waals surface area contributed by atoms with Gasteiger partial charge in [0.25, 0.3) is 0 Å². The molecule has 2 rings (SSSR count). The molecular formula is C14H19N3O3. The zero-order valence-electron chi connectivity index (χ0n) is 11.5. The van der Waals surface area contributed by atoms with Gasteiger partial charge in [0.1, 0.15) is 5.69 Å². The van der Waals surface area contributed by atoms with Crippen molar-refractivity contribution in [3.63, 3.8) is 0 Å². The quantitative estimate of drug-likeness (QED) is 0.474. The Morgan fingerprint density at radius 3 is 3.00 bits per heavy atom. The van der Waals surface area contributed by atoms with E-state index in [0.29, 0.717) is 12.2 Å². The molecule has 0 atom stereocenters. The summed E-state index contributed by atoms with van der Waals surface area (Å²) in [4.78, 5) is 10.7. The van der Waals surface area contributed by atoms with Crippen molar-refractivity contribution >= 4 is 11.4 Å². The third kappa shape index (κ3) is 3.48. The molecule has 0 aliphatic carbocycles. The number of methoxy groups -OCH3 is 1. The molecule has 0 unspecified atom stereocenters. The van der Waals surface area contributed by atoms with E-state index in [-0.39, 0.29) is 11.4 Å². The van der Waals surface area contributed by atoms with Crippen molar-refractivity contribution in [2.24, 2.45) is 0 Å². The number of nitrogens with zero attached hydrogens (tertiary/aromatic N) is 1. The second kappa shape index (κ2) is 6.91. The van der Waals surface area contributed by atoms with Crippen LogP contribution in [0.5, 0.6) is 5.75 Å². The molecule has 0 saturated carbocycles. The smallest absolute Gasteiger partial charge is 0.333 e. The molecule has 0 bridgehead atoms. The molecule has 0 fully saturated rings. The van der Waals surface area contributed by atoms with Gasteiger partial charge < -0.3 is 15.4 Å². The molecule has 0 saturated heterocycles. The highest BCUT2D eigenvalue weighted by Gasteiger charge is 2.20. The lowest BCUT2D eigenvalue weighted by molar-refractivity contribution is -0.384. The molecule has 0 spiro atoms. The molecular weight excluding hydrogens is 258 g/mol. The summed E-state index contributed by atoms with van der Waals surface area (Å²) in [5.74, 6) is 0.279. The summed E-state index contributed by atoms with van der Waals surface area (Å²) >= 11 is 0. The Hall–Kier alpha value is -2.08. The molecule has 6 heteroatoms. The van der Waals surface area contributed by atoms with Gasteiger partial charge in [-0.3, -0.25) is 10.1 Å². The summed E-state index contributed by atoms with van der Waals surface area (Å²) in [6.07, 6.45) is 4.13. The lowest BCUT2D eigenvalue weighted by Gasteiger charge is -2.15. The number of ether oxygens (including phenoxy) is 1. The maximum Gasteiger partial charge on any atom is 0.333 e. The van der Waals surface area contributed by atoms with E-state index in [0.717, 1.165) is 25.9 Å². The van der Waals surface area contributed by atoms with Crippen molar-refractivity contribution in [1.82, 2.24) is 5.32 Å². The van der Waals surface area contributed by atoms with Crippen LogP contribution in [0.25, 0.3) is 0 Å².